The number of nitrogens with one attached hydrogen (secondary N) is 1. The highest BCUT2D eigenvalue weighted by atomic mass is 16.5. The molecule has 0 spiro atoms. The van der Waals surface area contributed by atoms with Gasteiger partial charge in [-0.25, -0.2) is 0 Å². The lowest BCUT2D eigenvalue weighted by atomic mass is 10.1. The SMILES string of the molecule is C[C@@H]1CN([C@H](C)CNC(=O)c2ccoc2)C[C@H](C)O1. The van der Waals surface area contributed by atoms with Crippen LogP contribution in [0, 0.1) is 0 Å². The van der Waals surface area contributed by atoms with Crippen LogP contribution in [0.1, 0.15) is 31.1 Å². The highest BCUT2D eigenvalue weighted by molar-refractivity contribution is 5.93. The second kappa shape index (κ2) is 6.21. The van der Waals surface area contributed by atoms with Gasteiger partial charge in [0.2, 0.25) is 0 Å². The third-order valence-corrected chi connectivity index (χ3v) is 3.41. The topological polar surface area (TPSA) is 54.7 Å². The average Bonchev–Trinajstić information content (AvgIpc) is 2.88. The monoisotopic (exact) mass is 266 g/mol. The molecule has 1 saturated heterocycles. The van der Waals surface area contributed by atoms with Crippen LogP contribution in [0.2, 0.25) is 0 Å². The summed E-state index contributed by atoms with van der Waals surface area (Å²) in [6.45, 7) is 8.74. The van der Waals surface area contributed by atoms with Gasteiger partial charge in [0.25, 0.3) is 5.91 Å². The smallest absolute Gasteiger partial charge is 0.254 e. The number of morpholine rings is 1. The van der Waals surface area contributed by atoms with Crippen LogP contribution in [0.5, 0.6) is 0 Å². The first kappa shape index (κ1) is 14.1. The molecular formula is C14H22N2O3. The van der Waals surface area contributed by atoms with Crippen molar-refractivity contribution in [3.8, 4) is 0 Å². The molecule has 1 N–H and O–H groups in total. The van der Waals surface area contributed by atoms with Crippen LogP contribution in [0.15, 0.2) is 23.0 Å². The summed E-state index contributed by atoms with van der Waals surface area (Å²) in [6.07, 6.45) is 3.45. The Labute approximate surface area is 113 Å². The van der Waals surface area contributed by atoms with Crippen molar-refractivity contribution in [1.82, 2.24) is 10.2 Å². The molecule has 0 aliphatic carbocycles. The Morgan fingerprint density at radius 2 is 2.16 bits per heavy atom. The Morgan fingerprint density at radius 3 is 2.74 bits per heavy atom. The van der Waals surface area contributed by atoms with Gasteiger partial charge >= 0.3 is 0 Å². The molecule has 1 aliphatic rings. The maximum Gasteiger partial charge on any atom is 0.254 e. The van der Waals surface area contributed by atoms with E-state index >= 15 is 0 Å². The van der Waals surface area contributed by atoms with Crippen LogP contribution in [-0.4, -0.2) is 48.7 Å². The lowest BCUT2D eigenvalue weighted by molar-refractivity contribution is -0.0778. The lowest BCUT2D eigenvalue weighted by Crippen LogP contribution is -2.52. The van der Waals surface area contributed by atoms with Gasteiger partial charge in [-0.15, -0.1) is 0 Å². The molecule has 1 fully saturated rings. The normalized spacial score (nSPS) is 26.1. The molecule has 0 saturated carbocycles. The Hall–Kier alpha value is -1.33. The maximum atomic E-state index is 11.8. The standard InChI is InChI=1S/C14H22N2O3/c1-10(16-7-11(2)19-12(3)8-16)6-15-14(17)13-4-5-18-9-13/h4-5,9-12H,6-8H2,1-3H3,(H,15,17)/t10-,11-,12+/m1/s1. The Balaban J connectivity index is 1.80. The van der Waals surface area contributed by atoms with Crippen molar-refractivity contribution < 1.29 is 13.9 Å². The van der Waals surface area contributed by atoms with Gasteiger partial charge in [0, 0.05) is 25.7 Å². The van der Waals surface area contributed by atoms with Gasteiger partial charge in [0.15, 0.2) is 0 Å². The predicted octanol–water partition coefficient (Wildman–Crippen LogP) is 1.51. The second-order valence-electron chi connectivity index (χ2n) is 5.28. The summed E-state index contributed by atoms with van der Waals surface area (Å²) in [4.78, 5) is 14.2. The molecule has 19 heavy (non-hydrogen) atoms. The number of rotatable bonds is 4. The van der Waals surface area contributed by atoms with Crippen LogP contribution in [0.4, 0.5) is 0 Å². The fourth-order valence-electron chi connectivity index (χ4n) is 2.44. The molecule has 1 aromatic rings. The van der Waals surface area contributed by atoms with Gasteiger partial charge < -0.3 is 14.5 Å². The molecule has 0 unspecified atom stereocenters. The molecule has 106 valence electrons. The molecular weight excluding hydrogens is 244 g/mol. The van der Waals surface area contributed by atoms with E-state index in [0.717, 1.165) is 13.1 Å². The number of carbonyl (C=O) groups is 1. The highest BCUT2D eigenvalue weighted by Gasteiger charge is 2.25. The van der Waals surface area contributed by atoms with Crippen molar-refractivity contribution in [3.63, 3.8) is 0 Å². The third-order valence-electron chi connectivity index (χ3n) is 3.41. The molecule has 5 nitrogen and oxygen atoms in total. The minimum atomic E-state index is -0.0880. The van der Waals surface area contributed by atoms with E-state index in [4.69, 9.17) is 9.15 Å². The molecule has 5 heteroatoms. The van der Waals surface area contributed by atoms with Crippen LogP contribution >= 0.6 is 0 Å². The summed E-state index contributed by atoms with van der Waals surface area (Å²) < 4.78 is 10.6. The fraction of sp³-hybridized carbons (Fsp3) is 0.643. The summed E-state index contributed by atoms with van der Waals surface area (Å²) in [5.74, 6) is -0.0880. The molecule has 0 radical (unpaired) electrons. The number of hydrogen-bond acceptors (Lipinski definition) is 4. The van der Waals surface area contributed by atoms with Crippen LogP contribution < -0.4 is 5.32 Å². The van der Waals surface area contributed by atoms with Gasteiger partial charge in [-0.1, -0.05) is 0 Å². The zero-order valence-electron chi connectivity index (χ0n) is 11.8. The lowest BCUT2D eigenvalue weighted by Gasteiger charge is -2.38. The molecule has 1 amide bonds. The zero-order valence-corrected chi connectivity index (χ0v) is 11.8. The number of carbonyl (C=O) groups excluding carboxylic acids is 1. The zero-order chi connectivity index (χ0) is 13.8. The quantitative estimate of drug-likeness (QED) is 0.897. The van der Waals surface area contributed by atoms with E-state index in [-0.39, 0.29) is 18.1 Å². The van der Waals surface area contributed by atoms with E-state index in [0.29, 0.717) is 18.2 Å². The van der Waals surface area contributed by atoms with Gasteiger partial charge in [0.05, 0.1) is 24.0 Å². The van der Waals surface area contributed by atoms with E-state index < -0.39 is 0 Å². The van der Waals surface area contributed by atoms with Gasteiger partial charge in [-0.05, 0) is 26.8 Å². The largest absolute Gasteiger partial charge is 0.472 e. The maximum absolute atomic E-state index is 11.8. The third kappa shape index (κ3) is 3.81. The Bertz CT molecular complexity index is 395. The van der Waals surface area contributed by atoms with Crippen LogP contribution in [-0.2, 0) is 4.74 Å². The van der Waals surface area contributed by atoms with Gasteiger partial charge in [-0.3, -0.25) is 9.69 Å². The highest BCUT2D eigenvalue weighted by Crippen LogP contribution is 2.13. The fourth-order valence-corrected chi connectivity index (χ4v) is 2.44. The molecule has 1 aliphatic heterocycles. The molecule has 0 bridgehead atoms. The van der Waals surface area contributed by atoms with Gasteiger partial charge in [0.1, 0.15) is 6.26 Å². The van der Waals surface area contributed by atoms with Crippen molar-refractivity contribution in [1.29, 1.82) is 0 Å². The first-order valence-electron chi connectivity index (χ1n) is 6.76. The van der Waals surface area contributed by atoms with Crippen molar-refractivity contribution in [2.24, 2.45) is 0 Å². The number of nitrogens with zero attached hydrogens (tertiary/aromatic N) is 1. The van der Waals surface area contributed by atoms with Crippen molar-refractivity contribution in [3.05, 3.63) is 24.2 Å². The van der Waals surface area contributed by atoms with E-state index in [9.17, 15) is 4.79 Å². The predicted molar refractivity (Wildman–Crippen MR) is 72.1 cm³/mol. The average molecular weight is 266 g/mol. The second-order valence-corrected chi connectivity index (χ2v) is 5.28. The van der Waals surface area contributed by atoms with E-state index in [2.05, 4.69) is 31.0 Å². The number of amides is 1. The van der Waals surface area contributed by atoms with Crippen LogP contribution in [0.3, 0.4) is 0 Å². The number of furan rings is 1. The summed E-state index contributed by atoms with van der Waals surface area (Å²) in [5, 5.41) is 2.93. The van der Waals surface area contributed by atoms with E-state index in [1.807, 2.05) is 0 Å². The molecule has 1 aromatic heterocycles. The summed E-state index contributed by atoms with van der Waals surface area (Å²) in [5.41, 5.74) is 0.566. The first-order valence-corrected chi connectivity index (χ1v) is 6.76. The molecule has 2 heterocycles. The Kier molecular flexibility index (Phi) is 4.61. The van der Waals surface area contributed by atoms with E-state index in [1.165, 1.54) is 12.5 Å². The minimum absolute atomic E-state index is 0.0880. The Morgan fingerprint density at radius 1 is 1.47 bits per heavy atom. The molecule has 3 atom stereocenters. The van der Waals surface area contributed by atoms with E-state index in [1.54, 1.807) is 6.07 Å². The van der Waals surface area contributed by atoms with Crippen molar-refractivity contribution in [2.75, 3.05) is 19.6 Å². The molecule has 0 aromatic carbocycles. The molecule has 2 rings (SSSR count). The summed E-state index contributed by atoms with van der Waals surface area (Å²) in [7, 11) is 0. The number of hydrogen-bond donors (Lipinski definition) is 1. The van der Waals surface area contributed by atoms with Crippen molar-refractivity contribution in [2.45, 2.75) is 39.0 Å². The van der Waals surface area contributed by atoms with Crippen LogP contribution in [0.25, 0.3) is 0 Å². The first-order chi connectivity index (χ1) is 9.06. The van der Waals surface area contributed by atoms with Gasteiger partial charge in [-0.2, -0.15) is 0 Å². The summed E-state index contributed by atoms with van der Waals surface area (Å²) in [6, 6.07) is 1.96. The minimum Gasteiger partial charge on any atom is -0.472 e. The summed E-state index contributed by atoms with van der Waals surface area (Å²) >= 11 is 0. The van der Waals surface area contributed by atoms with Crippen molar-refractivity contribution >= 4 is 5.91 Å². The number of ether oxygens (including phenoxy) is 1.